The maximum atomic E-state index is 14.5. The van der Waals surface area contributed by atoms with Gasteiger partial charge in [0.1, 0.15) is 24.2 Å². The monoisotopic (exact) mass is 785 g/mol. The molecule has 4 amide bonds. The van der Waals surface area contributed by atoms with Crippen LogP contribution in [0.4, 0.5) is 23.7 Å². The summed E-state index contributed by atoms with van der Waals surface area (Å²) in [6.45, 7) is 3.69. The summed E-state index contributed by atoms with van der Waals surface area (Å²) < 4.78 is 48.8. The molecule has 0 aliphatic carbocycles. The first-order valence-corrected chi connectivity index (χ1v) is 17.6. The number of aromatic nitrogens is 7. The average molecular weight is 786 g/mol. The molecule has 0 aromatic carbocycles. The summed E-state index contributed by atoms with van der Waals surface area (Å²) in [5.74, 6) is -1.34. The molecule has 4 aromatic heterocycles. The summed E-state index contributed by atoms with van der Waals surface area (Å²) in [5.41, 5.74) is -1.80. The van der Waals surface area contributed by atoms with E-state index in [9.17, 15) is 37.5 Å². The zero-order valence-electron chi connectivity index (χ0n) is 30.0. The summed E-state index contributed by atoms with van der Waals surface area (Å²) in [4.78, 5) is 74.6. The lowest BCUT2D eigenvalue weighted by Crippen LogP contribution is -2.47. The number of alkyl halides is 3. The predicted molar refractivity (Wildman–Crippen MR) is 188 cm³/mol. The molecule has 4 aromatic rings. The van der Waals surface area contributed by atoms with Crippen LogP contribution in [0.1, 0.15) is 71.2 Å². The Balaban J connectivity index is 1.26. The number of nitrogens with zero attached hydrogens (tertiary/aromatic N) is 10. The second-order valence-corrected chi connectivity index (χ2v) is 14.0. The number of ether oxygens (including phenoxy) is 1. The van der Waals surface area contributed by atoms with Crippen molar-refractivity contribution in [1.82, 2.24) is 48.8 Å². The Morgan fingerprint density at radius 2 is 1.84 bits per heavy atom. The van der Waals surface area contributed by atoms with E-state index in [1.54, 1.807) is 38.9 Å². The van der Waals surface area contributed by atoms with E-state index in [-0.39, 0.29) is 78.5 Å². The van der Waals surface area contributed by atoms with Crippen LogP contribution < -0.4 is 10.9 Å². The second-order valence-electron chi connectivity index (χ2n) is 13.7. The van der Waals surface area contributed by atoms with Crippen LogP contribution in [0.25, 0.3) is 11.4 Å². The van der Waals surface area contributed by atoms with Crippen molar-refractivity contribution < 1.29 is 37.4 Å². The number of halogens is 4. The fraction of sp³-hybridized carbons (Fsp3) is 0.441. The molecule has 3 aliphatic rings. The van der Waals surface area contributed by atoms with Crippen molar-refractivity contribution >= 4 is 46.5 Å². The molecular weight excluding hydrogens is 751 g/mol. The molecule has 0 radical (unpaired) electrons. The number of nitrogens with one attached hydrogen (secondary N) is 1. The van der Waals surface area contributed by atoms with Crippen molar-refractivity contribution in [3.8, 4) is 5.75 Å². The van der Waals surface area contributed by atoms with E-state index in [0.717, 1.165) is 10.6 Å². The third-order valence-electron chi connectivity index (χ3n) is 9.96. The van der Waals surface area contributed by atoms with Gasteiger partial charge in [-0.3, -0.25) is 14.4 Å². The summed E-state index contributed by atoms with van der Waals surface area (Å²) >= 11 is 6.04. The van der Waals surface area contributed by atoms with Gasteiger partial charge in [0, 0.05) is 40.3 Å². The molecule has 3 aliphatic heterocycles. The molecule has 1 spiro atoms. The van der Waals surface area contributed by atoms with Gasteiger partial charge >= 0.3 is 12.2 Å². The number of aromatic hydroxyl groups is 1. The molecule has 17 nitrogen and oxygen atoms in total. The van der Waals surface area contributed by atoms with Gasteiger partial charge in [0.15, 0.2) is 22.4 Å². The van der Waals surface area contributed by atoms with E-state index in [4.69, 9.17) is 21.3 Å². The first-order valence-electron chi connectivity index (χ1n) is 17.2. The molecule has 1 saturated heterocycles. The van der Waals surface area contributed by atoms with E-state index in [2.05, 4.69) is 25.4 Å². The molecule has 55 heavy (non-hydrogen) atoms. The van der Waals surface area contributed by atoms with Gasteiger partial charge in [-0.2, -0.15) is 22.7 Å². The molecule has 0 saturated carbocycles. The van der Waals surface area contributed by atoms with Gasteiger partial charge in [-0.05, 0) is 50.8 Å². The highest BCUT2D eigenvalue weighted by atomic mass is 35.5. The standard InChI is InChI=1S/C34H35ClF3N11O6/c1-17-26(51)24(40-16-39-17)30(53)46-13-9-33(10-14-46)23-25(18(2)55-33)48(15-22(50)41-20-5-6-21(34(36,37)38)42-27(20)35)31-43-28(44-49(31)29(23)52)19-7-11-47(12-8-19)32(54)45(3)4/h5-7,16,18,51H,8-15H2,1-4H3,(H,41,50)/t18-/m1/s1. The molecule has 0 bridgehead atoms. The Morgan fingerprint density at radius 1 is 1.11 bits per heavy atom. The zero-order chi connectivity index (χ0) is 39.6. The Bertz CT molecular complexity index is 2340. The Morgan fingerprint density at radius 3 is 2.47 bits per heavy atom. The first kappa shape index (κ1) is 37.7. The lowest BCUT2D eigenvalue weighted by Gasteiger charge is -2.39. The van der Waals surface area contributed by atoms with Crippen molar-refractivity contribution in [1.29, 1.82) is 0 Å². The SMILES string of the molecule is Cc1ncnc(C(=O)N2CCC3(CC2)O[C@H](C)c2c3c(=O)n3nc(C4=CCN(C(=O)N(C)C)CC4)nc3n2CC(=O)Nc2ccc(C(F)(F)F)nc2Cl)c1O. The Labute approximate surface area is 315 Å². The minimum atomic E-state index is -4.75. The molecule has 7 rings (SSSR count). The number of hydrogen-bond acceptors (Lipinski definition) is 11. The van der Waals surface area contributed by atoms with Crippen molar-refractivity contribution in [2.45, 2.75) is 57.5 Å². The average Bonchev–Trinajstić information content (AvgIpc) is 3.71. The molecule has 21 heteroatoms. The van der Waals surface area contributed by atoms with Crippen LogP contribution in [0, 0.1) is 6.92 Å². The fourth-order valence-corrected chi connectivity index (χ4v) is 7.43. The lowest BCUT2D eigenvalue weighted by molar-refractivity contribution is -0.141. The highest BCUT2D eigenvalue weighted by Crippen LogP contribution is 2.48. The maximum Gasteiger partial charge on any atom is 0.433 e. The summed E-state index contributed by atoms with van der Waals surface area (Å²) in [6.07, 6.45) is -1.80. The number of piperidine rings is 1. The summed E-state index contributed by atoms with van der Waals surface area (Å²) in [7, 11) is 3.31. The molecule has 7 heterocycles. The van der Waals surface area contributed by atoms with Crippen LogP contribution in [0.5, 0.6) is 5.75 Å². The quantitative estimate of drug-likeness (QED) is 0.282. The van der Waals surface area contributed by atoms with Crippen molar-refractivity contribution in [3.63, 3.8) is 0 Å². The van der Waals surface area contributed by atoms with Gasteiger partial charge in [-0.25, -0.2) is 19.7 Å². The van der Waals surface area contributed by atoms with Crippen LogP contribution in [0.2, 0.25) is 5.15 Å². The van der Waals surface area contributed by atoms with Gasteiger partial charge in [0.25, 0.3) is 11.5 Å². The molecule has 2 N–H and O–H groups in total. The summed E-state index contributed by atoms with van der Waals surface area (Å²) in [6, 6.07) is 1.52. The number of aryl methyl sites for hydroxylation is 1. The second kappa shape index (κ2) is 13.9. The largest absolute Gasteiger partial charge is 0.504 e. The van der Waals surface area contributed by atoms with E-state index >= 15 is 0 Å². The number of carbonyl (C=O) groups is 3. The number of pyridine rings is 1. The molecule has 1 fully saturated rings. The fourth-order valence-electron chi connectivity index (χ4n) is 7.23. The molecule has 290 valence electrons. The third kappa shape index (κ3) is 6.72. The number of anilines is 1. The van der Waals surface area contributed by atoms with Crippen molar-refractivity contribution in [2.75, 3.05) is 45.6 Å². The van der Waals surface area contributed by atoms with E-state index in [1.165, 1.54) is 20.7 Å². The third-order valence-corrected chi connectivity index (χ3v) is 10.2. The van der Waals surface area contributed by atoms with Gasteiger partial charge in [-0.1, -0.05) is 17.7 Å². The number of fused-ring (bicyclic) bond motifs is 3. The van der Waals surface area contributed by atoms with Gasteiger partial charge in [-0.15, -0.1) is 5.10 Å². The topological polar surface area (TPSA) is 193 Å². The maximum absolute atomic E-state index is 14.5. The number of rotatable bonds is 5. The summed E-state index contributed by atoms with van der Waals surface area (Å²) in [5, 5.41) is 17.0. The van der Waals surface area contributed by atoms with Gasteiger partial charge in [0.2, 0.25) is 11.7 Å². The van der Waals surface area contributed by atoms with Crippen LogP contribution in [0.3, 0.4) is 0 Å². The lowest BCUT2D eigenvalue weighted by atomic mass is 9.85. The number of hydrogen-bond donors (Lipinski definition) is 2. The van der Waals surface area contributed by atoms with Crippen molar-refractivity contribution in [3.05, 3.63) is 74.2 Å². The van der Waals surface area contributed by atoms with Crippen molar-refractivity contribution in [2.24, 2.45) is 0 Å². The molecule has 0 unspecified atom stereocenters. The smallest absolute Gasteiger partial charge is 0.433 e. The zero-order valence-corrected chi connectivity index (χ0v) is 30.8. The Kier molecular flexibility index (Phi) is 9.52. The van der Waals surface area contributed by atoms with Crippen LogP contribution in [-0.2, 0) is 27.9 Å². The number of amides is 4. The first-order chi connectivity index (χ1) is 26.0. The normalized spacial score (nSPS) is 18.0. The Hall–Kier alpha value is -5.63. The number of carbonyl (C=O) groups excluding carboxylic acids is 3. The molecule has 1 atom stereocenters. The highest BCUT2D eigenvalue weighted by molar-refractivity contribution is 6.32. The van der Waals surface area contributed by atoms with Gasteiger partial charge in [0.05, 0.1) is 28.7 Å². The number of likely N-dealkylation sites (tertiary alicyclic amines) is 1. The molecular formula is C34H35ClF3N11O6. The number of urea groups is 1. The minimum absolute atomic E-state index is 0.00737. The highest BCUT2D eigenvalue weighted by Gasteiger charge is 2.51. The van der Waals surface area contributed by atoms with Crippen LogP contribution in [-0.4, -0.2) is 112 Å². The van der Waals surface area contributed by atoms with Gasteiger partial charge < -0.3 is 34.4 Å². The van der Waals surface area contributed by atoms with E-state index in [1.807, 2.05) is 0 Å². The van der Waals surface area contributed by atoms with Crippen LogP contribution in [0.15, 0.2) is 29.3 Å². The van der Waals surface area contributed by atoms with Crippen LogP contribution >= 0.6 is 11.6 Å². The van der Waals surface area contributed by atoms with E-state index < -0.39 is 52.6 Å². The van der Waals surface area contributed by atoms with E-state index in [0.29, 0.717) is 30.3 Å². The predicted octanol–water partition coefficient (Wildman–Crippen LogP) is 3.39. The minimum Gasteiger partial charge on any atom is -0.504 e.